The lowest BCUT2D eigenvalue weighted by Gasteiger charge is -2.19. The first-order chi connectivity index (χ1) is 12.8. The lowest BCUT2D eigenvalue weighted by Crippen LogP contribution is -2.16. The van der Waals surface area contributed by atoms with Crippen LogP contribution in [-0.2, 0) is 5.75 Å². The Balaban J connectivity index is 1.49. The van der Waals surface area contributed by atoms with E-state index in [1.54, 1.807) is 29.2 Å². The summed E-state index contributed by atoms with van der Waals surface area (Å²) in [6, 6.07) is 13.0. The van der Waals surface area contributed by atoms with Gasteiger partial charge in [0.1, 0.15) is 13.2 Å². The number of rotatable bonds is 5. The second-order valence-electron chi connectivity index (χ2n) is 5.58. The zero-order chi connectivity index (χ0) is 17.8. The number of benzene rings is 2. The Kier molecular flexibility index (Phi) is 5.08. The standard InChI is InChI=1S/C19H16N2O3S2/c22-19(21-13-5-6-16-17(9-13)24-8-7-23-16)15-3-1-2-4-18(15)26-11-14-10-25-12-20-14/h1-6,9-10,12H,7-8,11H2,(H,21,22). The maximum absolute atomic E-state index is 12.8. The molecule has 1 N–H and O–H groups in total. The Bertz CT molecular complexity index is 913. The molecule has 0 saturated carbocycles. The van der Waals surface area contributed by atoms with E-state index in [-0.39, 0.29) is 5.91 Å². The van der Waals surface area contributed by atoms with Gasteiger partial charge >= 0.3 is 0 Å². The summed E-state index contributed by atoms with van der Waals surface area (Å²) in [6.07, 6.45) is 0. The van der Waals surface area contributed by atoms with Crippen molar-refractivity contribution >= 4 is 34.7 Å². The number of fused-ring (bicyclic) bond motifs is 1. The van der Waals surface area contributed by atoms with E-state index in [0.717, 1.165) is 16.3 Å². The van der Waals surface area contributed by atoms with Gasteiger partial charge in [0.2, 0.25) is 0 Å². The fourth-order valence-corrected chi connectivity index (χ4v) is 4.18. The maximum Gasteiger partial charge on any atom is 0.256 e. The normalized spacial score (nSPS) is 12.6. The molecule has 0 fully saturated rings. The summed E-state index contributed by atoms with van der Waals surface area (Å²) in [5.41, 5.74) is 4.15. The molecule has 4 rings (SSSR count). The first-order valence-corrected chi connectivity index (χ1v) is 10.0. The molecule has 2 aromatic carbocycles. The van der Waals surface area contributed by atoms with Gasteiger partial charge in [-0.15, -0.1) is 23.1 Å². The predicted molar refractivity (Wildman–Crippen MR) is 104 cm³/mol. The van der Waals surface area contributed by atoms with E-state index in [9.17, 15) is 4.79 Å². The third-order valence-electron chi connectivity index (χ3n) is 3.79. The third kappa shape index (κ3) is 3.84. The molecule has 132 valence electrons. The van der Waals surface area contributed by atoms with Crippen LogP contribution in [0.4, 0.5) is 5.69 Å². The molecule has 26 heavy (non-hydrogen) atoms. The number of carbonyl (C=O) groups excluding carboxylic acids is 1. The minimum absolute atomic E-state index is 0.150. The highest BCUT2D eigenvalue weighted by atomic mass is 32.2. The van der Waals surface area contributed by atoms with Crippen molar-refractivity contribution in [2.75, 3.05) is 18.5 Å². The number of ether oxygens (including phenoxy) is 2. The van der Waals surface area contributed by atoms with E-state index in [2.05, 4.69) is 10.3 Å². The number of nitrogens with one attached hydrogen (secondary N) is 1. The first-order valence-electron chi connectivity index (χ1n) is 8.09. The highest BCUT2D eigenvalue weighted by Crippen LogP contribution is 2.33. The Morgan fingerprint density at radius 3 is 2.85 bits per heavy atom. The highest BCUT2D eigenvalue weighted by molar-refractivity contribution is 7.98. The quantitative estimate of drug-likeness (QED) is 0.658. The van der Waals surface area contributed by atoms with Crippen LogP contribution in [0.5, 0.6) is 11.5 Å². The third-order valence-corrected chi connectivity index (χ3v) is 5.53. The molecule has 2 heterocycles. The number of hydrogen-bond acceptors (Lipinski definition) is 6. The number of anilines is 1. The van der Waals surface area contributed by atoms with Crippen LogP contribution in [0, 0.1) is 0 Å². The molecular formula is C19H16N2O3S2. The topological polar surface area (TPSA) is 60.5 Å². The molecule has 1 aromatic heterocycles. The zero-order valence-corrected chi connectivity index (χ0v) is 15.4. The van der Waals surface area contributed by atoms with Gasteiger partial charge in [-0.3, -0.25) is 4.79 Å². The zero-order valence-electron chi connectivity index (χ0n) is 13.8. The van der Waals surface area contributed by atoms with Crippen LogP contribution < -0.4 is 14.8 Å². The number of nitrogens with zero attached hydrogens (tertiary/aromatic N) is 1. The molecule has 3 aromatic rings. The van der Waals surface area contributed by atoms with E-state index < -0.39 is 0 Å². The van der Waals surface area contributed by atoms with Gasteiger partial charge in [0.15, 0.2) is 11.5 Å². The van der Waals surface area contributed by atoms with E-state index in [1.165, 1.54) is 0 Å². The summed E-state index contributed by atoms with van der Waals surface area (Å²) in [7, 11) is 0. The van der Waals surface area contributed by atoms with Gasteiger partial charge < -0.3 is 14.8 Å². The SMILES string of the molecule is O=C(Nc1ccc2c(c1)OCCO2)c1ccccc1SCc1cscn1. The van der Waals surface area contributed by atoms with Crippen molar-refractivity contribution in [1.29, 1.82) is 0 Å². The molecule has 0 radical (unpaired) electrons. The van der Waals surface area contributed by atoms with Crippen LogP contribution in [0.15, 0.2) is 58.3 Å². The molecule has 5 nitrogen and oxygen atoms in total. The number of thioether (sulfide) groups is 1. The van der Waals surface area contributed by atoms with Crippen LogP contribution in [0.3, 0.4) is 0 Å². The summed E-state index contributed by atoms with van der Waals surface area (Å²) in [5, 5.41) is 4.96. The minimum atomic E-state index is -0.150. The van der Waals surface area contributed by atoms with Gasteiger partial charge in [0, 0.05) is 27.8 Å². The molecular weight excluding hydrogens is 368 g/mol. The number of amides is 1. The van der Waals surface area contributed by atoms with Crippen molar-refractivity contribution in [2.24, 2.45) is 0 Å². The number of thiazole rings is 1. The van der Waals surface area contributed by atoms with Crippen LogP contribution in [0.25, 0.3) is 0 Å². The van der Waals surface area contributed by atoms with E-state index in [4.69, 9.17) is 9.47 Å². The van der Waals surface area contributed by atoms with Gasteiger partial charge in [-0.05, 0) is 24.3 Å². The highest BCUT2D eigenvalue weighted by Gasteiger charge is 2.15. The smallest absolute Gasteiger partial charge is 0.256 e. The maximum atomic E-state index is 12.8. The molecule has 1 aliphatic rings. The summed E-state index contributed by atoms with van der Waals surface area (Å²) < 4.78 is 11.1. The molecule has 0 spiro atoms. The van der Waals surface area contributed by atoms with Gasteiger partial charge in [-0.2, -0.15) is 0 Å². The number of carbonyl (C=O) groups is 1. The van der Waals surface area contributed by atoms with Crippen molar-refractivity contribution in [3.05, 3.63) is 64.6 Å². The Hall–Kier alpha value is -2.51. The predicted octanol–water partition coefficient (Wildman–Crippen LogP) is 4.46. The van der Waals surface area contributed by atoms with Crippen molar-refractivity contribution in [2.45, 2.75) is 10.6 Å². The second-order valence-corrected chi connectivity index (χ2v) is 7.31. The minimum Gasteiger partial charge on any atom is -0.486 e. The van der Waals surface area contributed by atoms with Crippen molar-refractivity contribution in [1.82, 2.24) is 4.98 Å². The lowest BCUT2D eigenvalue weighted by molar-refractivity contribution is 0.102. The fraction of sp³-hybridized carbons (Fsp3) is 0.158. The number of hydrogen-bond donors (Lipinski definition) is 1. The summed E-state index contributed by atoms with van der Waals surface area (Å²) in [5.74, 6) is 1.94. The van der Waals surface area contributed by atoms with E-state index in [0.29, 0.717) is 36.0 Å². The van der Waals surface area contributed by atoms with E-state index in [1.807, 2.05) is 47.3 Å². The van der Waals surface area contributed by atoms with Crippen LogP contribution in [-0.4, -0.2) is 24.1 Å². The van der Waals surface area contributed by atoms with Crippen LogP contribution >= 0.6 is 23.1 Å². The Labute approximate surface area is 159 Å². The first kappa shape index (κ1) is 16.9. The molecule has 0 atom stereocenters. The molecule has 0 aliphatic carbocycles. The van der Waals surface area contributed by atoms with Crippen molar-refractivity contribution in [3.63, 3.8) is 0 Å². The molecule has 1 amide bonds. The van der Waals surface area contributed by atoms with Gasteiger partial charge in [-0.1, -0.05) is 12.1 Å². The van der Waals surface area contributed by atoms with Crippen LogP contribution in [0.2, 0.25) is 0 Å². The average Bonchev–Trinajstić information content (AvgIpc) is 3.20. The fourth-order valence-electron chi connectivity index (χ4n) is 2.56. The van der Waals surface area contributed by atoms with Crippen LogP contribution in [0.1, 0.15) is 16.1 Å². The summed E-state index contributed by atoms with van der Waals surface area (Å²) >= 11 is 3.18. The van der Waals surface area contributed by atoms with Gasteiger partial charge in [0.05, 0.1) is 16.8 Å². The molecule has 0 unspecified atom stereocenters. The Morgan fingerprint density at radius 2 is 2.00 bits per heavy atom. The largest absolute Gasteiger partial charge is 0.486 e. The number of aromatic nitrogens is 1. The monoisotopic (exact) mass is 384 g/mol. The van der Waals surface area contributed by atoms with Gasteiger partial charge in [-0.25, -0.2) is 4.98 Å². The molecule has 1 aliphatic heterocycles. The molecule has 0 saturated heterocycles. The second kappa shape index (κ2) is 7.80. The van der Waals surface area contributed by atoms with Crippen molar-refractivity contribution < 1.29 is 14.3 Å². The molecule has 0 bridgehead atoms. The summed E-state index contributed by atoms with van der Waals surface area (Å²) in [4.78, 5) is 18.0. The lowest BCUT2D eigenvalue weighted by atomic mass is 10.2. The molecule has 7 heteroatoms. The Morgan fingerprint density at radius 1 is 1.15 bits per heavy atom. The summed E-state index contributed by atoms with van der Waals surface area (Å²) in [6.45, 7) is 1.06. The van der Waals surface area contributed by atoms with Crippen molar-refractivity contribution in [3.8, 4) is 11.5 Å². The van der Waals surface area contributed by atoms with E-state index >= 15 is 0 Å². The average molecular weight is 384 g/mol. The van der Waals surface area contributed by atoms with Gasteiger partial charge in [0.25, 0.3) is 5.91 Å².